The Labute approximate surface area is 219 Å². The number of piperidine rings is 1. The predicted molar refractivity (Wildman–Crippen MR) is 147 cm³/mol. The molecule has 0 aliphatic carbocycles. The van der Waals surface area contributed by atoms with Gasteiger partial charge in [-0.1, -0.05) is 30.3 Å². The van der Waals surface area contributed by atoms with Crippen molar-refractivity contribution in [2.45, 2.75) is 25.9 Å². The van der Waals surface area contributed by atoms with Gasteiger partial charge >= 0.3 is 0 Å². The number of nitrogens with one attached hydrogen (secondary N) is 2. The molecule has 2 N–H and O–H groups in total. The van der Waals surface area contributed by atoms with Crippen molar-refractivity contribution in [2.24, 2.45) is 0 Å². The fourth-order valence-electron chi connectivity index (χ4n) is 5.01. The van der Waals surface area contributed by atoms with E-state index in [4.69, 9.17) is 9.72 Å². The van der Waals surface area contributed by atoms with E-state index in [1.165, 1.54) is 19.3 Å². The second-order valence-corrected chi connectivity index (χ2v) is 9.54. The van der Waals surface area contributed by atoms with Gasteiger partial charge in [-0.3, -0.25) is 10.1 Å². The third-order valence-corrected chi connectivity index (χ3v) is 6.97. The summed E-state index contributed by atoms with van der Waals surface area (Å²) in [5.41, 5.74) is 6.18. The van der Waals surface area contributed by atoms with Crippen LogP contribution in [-0.4, -0.2) is 48.2 Å². The fraction of sp³-hybridized carbons (Fsp3) is 0.207. The van der Waals surface area contributed by atoms with Crippen LogP contribution in [0.3, 0.4) is 0 Å². The van der Waals surface area contributed by atoms with Crippen molar-refractivity contribution >= 4 is 27.9 Å². The molecule has 5 aromatic heterocycles. The molecule has 38 heavy (non-hydrogen) atoms. The number of hydrogen-bond donors (Lipinski definition) is 2. The normalized spacial score (nSPS) is 13.8. The van der Waals surface area contributed by atoms with Gasteiger partial charge in [0.15, 0.2) is 17.3 Å². The van der Waals surface area contributed by atoms with Gasteiger partial charge in [-0.15, -0.1) is 0 Å². The van der Waals surface area contributed by atoms with Gasteiger partial charge in [0.1, 0.15) is 23.6 Å². The minimum atomic E-state index is 0.482. The van der Waals surface area contributed by atoms with Crippen LogP contribution < -0.4 is 9.64 Å². The molecule has 0 saturated carbocycles. The van der Waals surface area contributed by atoms with Crippen LogP contribution in [0, 0.1) is 0 Å². The third kappa shape index (κ3) is 4.21. The monoisotopic (exact) mass is 502 g/mol. The molecule has 0 spiro atoms. The summed E-state index contributed by atoms with van der Waals surface area (Å²) in [5, 5.41) is 8.49. The van der Waals surface area contributed by atoms with Gasteiger partial charge in [0.2, 0.25) is 0 Å². The average molecular weight is 503 g/mol. The summed E-state index contributed by atoms with van der Waals surface area (Å²) >= 11 is 0. The van der Waals surface area contributed by atoms with Crippen LogP contribution in [0.1, 0.15) is 24.8 Å². The Kier molecular flexibility index (Phi) is 5.65. The van der Waals surface area contributed by atoms with Crippen molar-refractivity contribution in [1.82, 2.24) is 35.1 Å². The number of fused-ring (bicyclic) bond motifs is 2. The Morgan fingerprint density at radius 3 is 2.66 bits per heavy atom. The number of rotatable bonds is 6. The maximum absolute atomic E-state index is 5.99. The zero-order chi connectivity index (χ0) is 25.3. The molecule has 1 aliphatic heterocycles. The maximum atomic E-state index is 5.99. The van der Waals surface area contributed by atoms with E-state index in [-0.39, 0.29) is 0 Å². The van der Waals surface area contributed by atoms with E-state index in [1.807, 2.05) is 61.1 Å². The van der Waals surface area contributed by atoms with Crippen molar-refractivity contribution in [2.75, 3.05) is 18.0 Å². The Bertz CT molecular complexity index is 1720. The number of pyridine rings is 3. The summed E-state index contributed by atoms with van der Waals surface area (Å²) in [5.74, 6) is 2.32. The Balaban J connectivity index is 1.22. The SMILES string of the molecule is c1ccc(COc2cncc(-c3cnc4[nH]nc(-c5nc6c(N7CCCCC7)nccc6[nH]5)c4c3)c2)cc1. The molecule has 0 amide bonds. The van der Waals surface area contributed by atoms with Gasteiger partial charge in [-0.2, -0.15) is 5.10 Å². The molecule has 1 saturated heterocycles. The minimum Gasteiger partial charge on any atom is -0.487 e. The van der Waals surface area contributed by atoms with Crippen LogP contribution in [0.2, 0.25) is 0 Å². The van der Waals surface area contributed by atoms with Gasteiger partial charge in [-0.05, 0) is 43.0 Å². The molecular weight excluding hydrogens is 476 g/mol. The van der Waals surface area contributed by atoms with Crippen LogP contribution in [0.5, 0.6) is 5.75 Å². The number of nitrogens with zero attached hydrogens (tertiary/aromatic N) is 6. The Morgan fingerprint density at radius 1 is 0.895 bits per heavy atom. The molecule has 0 unspecified atom stereocenters. The van der Waals surface area contributed by atoms with Crippen molar-refractivity contribution in [3.05, 3.63) is 78.9 Å². The number of imidazole rings is 1. The largest absolute Gasteiger partial charge is 0.487 e. The van der Waals surface area contributed by atoms with E-state index in [0.29, 0.717) is 23.8 Å². The van der Waals surface area contributed by atoms with E-state index in [0.717, 1.165) is 57.7 Å². The van der Waals surface area contributed by atoms with Gasteiger partial charge in [0.05, 0.1) is 17.1 Å². The quantitative estimate of drug-likeness (QED) is 0.308. The molecule has 7 rings (SSSR count). The highest BCUT2D eigenvalue weighted by Crippen LogP contribution is 2.32. The topological polar surface area (TPSA) is 108 Å². The first-order chi connectivity index (χ1) is 18.8. The fourth-order valence-corrected chi connectivity index (χ4v) is 5.01. The van der Waals surface area contributed by atoms with Crippen molar-refractivity contribution in [3.8, 4) is 28.4 Å². The molecule has 9 heteroatoms. The number of hydrogen-bond acceptors (Lipinski definition) is 7. The first-order valence-corrected chi connectivity index (χ1v) is 12.9. The zero-order valence-corrected chi connectivity index (χ0v) is 20.8. The third-order valence-electron chi connectivity index (χ3n) is 6.97. The summed E-state index contributed by atoms with van der Waals surface area (Å²) in [6.45, 7) is 2.50. The van der Waals surface area contributed by atoms with Gasteiger partial charge in [0.25, 0.3) is 0 Å². The van der Waals surface area contributed by atoms with Gasteiger partial charge < -0.3 is 14.6 Å². The Morgan fingerprint density at radius 2 is 1.76 bits per heavy atom. The lowest BCUT2D eigenvalue weighted by Crippen LogP contribution is -2.30. The lowest BCUT2D eigenvalue weighted by molar-refractivity contribution is 0.305. The first kappa shape index (κ1) is 22.4. The van der Waals surface area contributed by atoms with Crippen LogP contribution in [0.25, 0.3) is 44.7 Å². The smallest absolute Gasteiger partial charge is 0.159 e. The average Bonchev–Trinajstić information content (AvgIpc) is 3.61. The number of H-pyrrole nitrogens is 2. The zero-order valence-electron chi connectivity index (χ0n) is 20.8. The number of benzene rings is 1. The van der Waals surface area contributed by atoms with E-state index >= 15 is 0 Å². The summed E-state index contributed by atoms with van der Waals surface area (Å²) < 4.78 is 5.99. The second-order valence-electron chi connectivity index (χ2n) is 9.54. The predicted octanol–water partition coefficient (Wildman–Crippen LogP) is 5.53. The molecule has 6 aromatic rings. The second kappa shape index (κ2) is 9.59. The molecular formula is C29H26N8O. The van der Waals surface area contributed by atoms with E-state index in [1.54, 1.807) is 6.20 Å². The van der Waals surface area contributed by atoms with Gasteiger partial charge in [-0.25, -0.2) is 15.0 Å². The van der Waals surface area contributed by atoms with Crippen LogP contribution in [-0.2, 0) is 6.61 Å². The van der Waals surface area contributed by atoms with Crippen molar-refractivity contribution in [1.29, 1.82) is 0 Å². The standard InChI is InChI=1S/C29H26N8O/c1-3-7-19(8-4-1)18-38-22-13-20(15-30-17-22)21-14-23-25(35-36-27(23)32-16-21)28-33-24-9-10-31-29(26(24)34-28)37-11-5-2-6-12-37/h1,3-4,7-10,13-17H,2,5-6,11-12,18H2,(H,33,34)(H,32,35,36). The van der Waals surface area contributed by atoms with E-state index in [9.17, 15) is 0 Å². The minimum absolute atomic E-state index is 0.482. The molecule has 1 fully saturated rings. The molecule has 188 valence electrons. The molecule has 0 bridgehead atoms. The molecule has 1 aromatic carbocycles. The summed E-state index contributed by atoms with van der Waals surface area (Å²) in [7, 11) is 0. The highest BCUT2D eigenvalue weighted by molar-refractivity contribution is 5.95. The lowest BCUT2D eigenvalue weighted by atomic mass is 10.1. The highest BCUT2D eigenvalue weighted by atomic mass is 16.5. The number of anilines is 1. The lowest BCUT2D eigenvalue weighted by Gasteiger charge is -2.27. The van der Waals surface area contributed by atoms with Crippen LogP contribution in [0.15, 0.2) is 73.3 Å². The summed E-state index contributed by atoms with van der Waals surface area (Å²) in [6, 6.07) is 16.1. The maximum Gasteiger partial charge on any atom is 0.159 e. The van der Waals surface area contributed by atoms with Gasteiger partial charge in [0, 0.05) is 42.8 Å². The molecule has 0 atom stereocenters. The Hall–Kier alpha value is -4.79. The number of aromatic nitrogens is 7. The van der Waals surface area contributed by atoms with E-state index in [2.05, 4.69) is 41.1 Å². The van der Waals surface area contributed by atoms with Crippen LogP contribution >= 0.6 is 0 Å². The number of ether oxygens (including phenoxy) is 1. The van der Waals surface area contributed by atoms with Crippen LogP contribution in [0.4, 0.5) is 5.82 Å². The molecule has 0 radical (unpaired) electrons. The molecule has 6 heterocycles. The summed E-state index contributed by atoms with van der Waals surface area (Å²) in [6.07, 6.45) is 10.8. The summed E-state index contributed by atoms with van der Waals surface area (Å²) in [4.78, 5) is 24.4. The number of aromatic amines is 2. The molecule has 9 nitrogen and oxygen atoms in total. The first-order valence-electron chi connectivity index (χ1n) is 12.9. The van der Waals surface area contributed by atoms with Crippen molar-refractivity contribution < 1.29 is 4.74 Å². The van der Waals surface area contributed by atoms with Crippen molar-refractivity contribution in [3.63, 3.8) is 0 Å². The van der Waals surface area contributed by atoms with E-state index < -0.39 is 0 Å². The highest BCUT2D eigenvalue weighted by Gasteiger charge is 2.20. The molecule has 1 aliphatic rings.